The first-order chi connectivity index (χ1) is 25.1. The summed E-state index contributed by atoms with van der Waals surface area (Å²) >= 11 is 0. The van der Waals surface area contributed by atoms with Gasteiger partial charge in [-0.3, -0.25) is 24.1 Å². The number of hydrogen-bond donors (Lipinski definition) is 5. The van der Waals surface area contributed by atoms with Crippen LogP contribution >= 0.6 is 0 Å². The van der Waals surface area contributed by atoms with E-state index in [1.165, 1.54) is 14.2 Å². The lowest BCUT2D eigenvalue weighted by Gasteiger charge is -2.41. The molecule has 4 amide bonds. The zero-order chi connectivity index (χ0) is 40.0. The van der Waals surface area contributed by atoms with Crippen molar-refractivity contribution in [2.75, 3.05) is 55.1 Å². The van der Waals surface area contributed by atoms with Crippen molar-refractivity contribution in [1.29, 1.82) is 0 Å². The Kier molecular flexibility index (Phi) is 19.4. The summed E-state index contributed by atoms with van der Waals surface area (Å²) in [6.45, 7) is 8.98. The summed E-state index contributed by atoms with van der Waals surface area (Å²) < 4.78 is 11.9. The van der Waals surface area contributed by atoms with Gasteiger partial charge in [-0.25, -0.2) is 0 Å². The van der Waals surface area contributed by atoms with Crippen molar-refractivity contribution in [3.05, 3.63) is 35.9 Å². The van der Waals surface area contributed by atoms with Crippen LogP contribution in [0, 0.1) is 17.8 Å². The number of likely N-dealkylation sites (tertiary alicyclic amines) is 1. The first-order valence-electron chi connectivity index (χ1n) is 18.9. The SMILES string of the molecule is CC[C@H](C)[C@@H]([C@@H](CC(=O)N1CCC[C@H]1[C@H](OC)[C@@H](C)C(=O)N[C@@H](Cc1ccccc1)[C@@H](O)CO)OC)N(C)C(=O)[C@@H](NC(=O)C(CO)N(C)C)C(C)C. The minimum Gasteiger partial charge on any atom is -0.394 e. The highest BCUT2D eigenvalue weighted by molar-refractivity contribution is 5.90. The molecule has 0 aromatic heterocycles. The molecule has 10 atom stereocenters. The molecule has 0 radical (unpaired) electrons. The van der Waals surface area contributed by atoms with Crippen molar-refractivity contribution in [2.24, 2.45) is 17.8 Å². The third kappa shape index (κ3) is 12.4. The third-order valence-electron chi connectivity index (χ3n) is 10.9. The summed E-state index contributed by atoms with van der Waals surface area (Å²) in [6, 6.07) is 6.06. The van der Waals surface area contributed by atoms with Gasteiger partial charge in [-0.2, -0.15) is 0 Å². The van der Waals surface area contributed by atoms with E-state index in [2.05, 4.69) is 10.6 Å². The first-order valence-corrected chi connectivity index (χ1v) is 18.9. The Morgan fingerprint density at radius 1 is 0.943 bits per heavy atom. The fourth-order valence-electron chi connectivity index (χ4n) is 7.36. The number of hydrogen-bond acceptors (Lipinski definition) is 10. The van der Waals surface area contributed by atoms with Crippen LogP contribution in [0.2, 0.25) is 0 Å². The molecular formula is C39H67N5O9. The maximum atomic E-state index is 14.2. The highest BCUT2D eigenvalue weighted by Gasteiger charge is 2.43. The number of amides is 4. The van der Waals surface area contributed by atoms with Gasteiger partial charge in [0.05, 0.1) is 62.0 Å². The standard InChI is InChI=1S/C39H67N5O9/c1-11-25(4)35(43(8)39(51)34(24(2)3)41-38(50)30(22-45)42(6)7)32(52-9)21-33(48)44-19-15-18-29(44)36(53-10)26(5)37(49)40-28(31(47)23-46)20-27-16-13-12-14-17-27/h12-14,16-17,24-26,28-32,34-36,45-47H,11,15,18-23H2,1-10H3,(H,40,49)(H,41,50)/t25-,26+,28-,29-,30?,31-,32+,34-,35-,36+/m0/s1. The highest BCUT2D eigenvalue weighted by Crippen LogP contribution is 2.30. The molecule has 0 spiro atoms. The van der Waals surface area contributed by atoms with Crippen LogP contribution in [0.15, 0.2) is 30.3 Å². The van der Waals surface area contributed by atoms with Gasteiger partial charge >= 0.3 is 0 Å². The number of likely N-dealkylation sites (N-methyl/N-ethyl adjacent to an activating group) is 2. The second-order valence-corrected chi connectivity index (χ2v) is 15.0. The second kappa shape index (κ2) is 22.3. The van der Waals surface area contributed by atoms with Crippen molar-refractivity contribution >= 4 is 23.6 Å². The number of methoxy groups -OCH3 is 2. The van der Waals surface area contributed by atoms with Gasteiger partial charge in [0.15, 0.2) is 0 Å². The van der Waals surface area contributed by atoms with E-state index in [0.29, 0.717) is 32.2 Å². The Hall–Kier alpha value is -3.14. The van der Waals surface area contributed by atoms with E-state index in [0.717, 1.165) is 5.56 Å². The Morgan fingerprint density at radius 3 is 2.09 bits per heavy atom. The normalized spacial score (nSPS) is 19.8. The Bertz CT molecular complexity index is 1290. The summed E-state index contributed by atoms with van der Waals surface area (Å²) in [4.78, 5) is 59.8. The van der Waals surface area contributed by atoms with Gasteiger partial charge in [-0.1, -0.05) is 71.4 Å². The molecule has 1 aliphatic heterocycles. The van der Waals surface area contributed by atoms with Gasteiger partial charge in [0.1, 0.15) is 12.1 Å². The number of rotatable bonds is 22. The van der Waals surface area contributed by atoms with Gasteiger partial charge in [-0.05, 0) is 50.8 Å². The van der Waals surface area contributed by atoms with Crippen molar-refractivity contribution in [3.63, 3.8) is 0 Å². The predicted octanol–water partition coefficient (Wildman–Crippen LogP) is 1.05. The summed E-state index contributed by atoms with van der Waals surface area (Å²) in [7, 11) is 8.07. The lowest BCUT2D eigenvalue weighted by atomic mass is 9.89. The van der Waals surface area contributed by atoms with Gasteiger partial charge < -0.3 is 45.2 Å². The lowest BCUT2D eigenvalue weighted by Crippen LogP contribution is -2.59. The lowest BCUT2D eigenvalue weighted by molar-refractivity contribution is -0.148. The number of nitrogens with one attached hydrogen (secondary N) is 2. The molecule has 302 valence electrons. The molecule has 0 bridgehead atoms. The minimum atomic E-state index is -1.17. The third-order valence-corrected chi connectivity index (χ3v) is 10.9. The van der Waals surface area contributed by atoms with E-state index in [9.17, 15) is 34.5 Å². The number of ether oxygens (including phenoxy) is 2. The molecule has 2 rings (SSSR count). The van der Waals surface area contributed by atoms with Gasteiger partial charge in [-0.15, -0.1) is 0 Å². The molecule has 1 aliphatic rings. The number of carbonyl (C=O) groups excluding carboxylic acids is 4. The quantitative estimate of drug-likeness (QED) is 0.115. The summed E-state index contributed by atoms with van der Waals surface area (Å²) in [5, 5.41) is 35.8. The van der Waals surface area contributed by atoms with Crippen LogP contribution in [0.3, 0.4) is 0 Å². The molecule has 1 heterocycles. The van der Waals surface area contributed by atoms with Crippen LogP contribution in [0.5, 0.6) is 0 Å². The molecule has 53 heavy (non-hydrogen) atoms. The van der Waals surface area contributed by atoms with Crippen molar-refractivity contribution < 1.29 is 44.0 Å². The van der Waals surface area contributed by atoms with E-state index in [1.54, 1.807) is 42.8 Å². The number of benzene rings is 1. The molecule has 14 heteroatoms. The molecule has 1 saturated heterocycles. The van der Waals surface area contributed by atoms with E-state index in [-0.39, 0.29) is 36.0 Å². The summed E-state index contributed by atoms with van der Waals surface area (Å²) in [5.74, 6) is -2.35. The Labute approximate surface area is 316 Å². The van der Waals surface area contributed by atoms with Crippen molar-refractivity contribution in [2.45, 2.75) is 115 Å². The maximum Gasteiger partial charge on any atom is 0.245 e. The number of carbonyl (C=O) groups is 4. The maximum absolute atomic E-state index is 14.2. The first kappa shape index (κ1) is 46.0. The molecule has 14 nitrogen and oxygen atoms in total. The highest BCUT2D eigenvalue weighted by atomic mass is 16.5. The zero-order valence-corrected chi connectivity index (χ0v) is 33.5. The van der Waals surface area contributed by atoms with Gasteiger partial charge in [0, 0.05) is 27.8 Å². The van der Waals surface area contributed by atoms with Crippen LogP contribution in [0.1, 0.15) is 65.9 Å². The van der Waals surface area contributed by atoms with E-state index >= 15 is 0 Å². The second-order valence-electron chi connectivity index (χ2n) is 15.0. The fourth-order valence-corrected chi connectivity index (χ4v) is 7.36. The molecule has 0 saturated carbocycles. The van der Waals surface area contributed by atoms with Crippen LogP contribution < -0.4 is 10.6 Å². The van der Waals surface area contributed by atoms with Crippen LogP contribution in [-0.4, -0.2) is 157 Å². The van der Waals surface area contributed by atoms with Crippen molar-refractivity contribution in [3.8, 4) is 0 Å². The number of nitrogens with zero attached hydrogens (tertiary/aromatic N) is 3. The van der Waals surface area contributed by atoms with Gasteiger partial charge in [0.25, 0.3) is 0 Å². The van der Waals surface area contributed by atoms with Crippen LogP contribution in [-0.2, 0) is 35.1 Å². The molecule has 1 aromatic rings. The Balaban J connectivity index is 2.27. The van der Waals surface area contributed by atoms with E-state index in [1.807, 2.05) is 58.0 Å². The molecule has 5 N–H and O–H groups in total. The average molecular weight is 750 g/mol. The molecule has 1 unspecified atom stereocenters. The molecule has 1 fully saturated rings. The monoisotopic (exact) mass is 749 g/mol. The average Bonchev–Trinajstić information content (AvgIpc) is 3.62. The minimum absolute atomic E-state index is 0.0234. The van der Waals surface area contributed by atoms with E-state index in [4.69, 9.17) is 9.47 Å². The molecule has 1 aromatic carbocycles. The predicted molar refractivity (Wildman–Crippen MR) is 203 cm³/mol. The fraction of sp³-hybridized carbons (Fsp3) is 0.744. The molecule has 0 aliphatic carbocycles. The largest absolute Gasteiger partial charge is 0.394 e. The van der Waals surface area contributed by atoms with Crippen LogP contribution in [0.25, 0.3) is 0 Å². The van der Waals surface area contributed by atoms with E-state index < -0.39 is 73.6 Å². The van der Waals surface area contributed by atoms with Gasteiger partial charge in [0.2, 0.25) is 23.6 Å². The summed E-state index contributed by atoms with van der Waals surface area (Å²) in [6.07, 6.45) is -0.168. The van der Waals surface area contributed by atoms with Crippen molar-refractivity contribution in [1.82, 2.24) is 25.3 Å². The summed E-state index contributed by atoms with van der Waals surface area (Å²) in [5.41, 5.74) is 0.897. The number of aliphatic hydroxyl groups excluding tert-OH is 3. The Morgan fingerprint density at radius 2 is 1.58 bits per heavy atom. The smallest absolute Gasteiger partial charge is 0.245 e. The van der Waals surface area contributed by atoms with Crippen LogP contribution in [0.4, 0.5) is 0 Å². The zero-order valence-electron chi connectivity index (χ0n) is 33.5. The molecular weight excluding hydrogens is 682 g/mol. The number of aliphatic hydroxyl groups is 3. The topological polar surface area (TPSA) is 181 Å².